The van der Waals surface area contributed by atoms with Crippen molar-refractivity contribution in [3.8, 4) is 39.9 Å². The highest BCUT2D eigenvalue weighted by Crippen LogP contribution is 2.52. The third-order valence-corrected chi connectivity index (χ3v) is 15.5. The van der Waals surface area contributed by atoms with Gasteiger partial charge in [-0.3, -0.25) is 0 Å². The Morgan fingerprint density at radius 1 is 0.292 bits per heavy atom. The standard InChI is InChI=1S/C67H49N5/c1-39-23-29-59-50(33-39)51-34-40(2)24-30-60(51)71(59)66-63(45-28-27-43(5)44(6)37-45)67(72-61-31-25-41(3)35-52(61)53-36-42(4)26-32-62(53)72)65(70-57-21-13-9-17-48(57)49-18-10-14-22-58(49)70)54(38-68)64(66)69-55-19-11-7-15-46(55)47-16-8-12-20-56(47)69/h7-37H,1-6H3. The summed E-state index contributed by atoms with van der Waals surface area (Å²) in [6.45, 7) is 13.1. The van der Waals surface area contributed by atoms with Crippen molar-refractivity contribution in [1.82, 2.24) is 18.3 Å². The normalized spacial score (nSPS) is 12.0. The van der Waals surface area contributed by atoms with Crippen LogP contribution in [0, 0.1) is 52.9 Å². The predicted molar refractivity (Wildman–Crippen MR) is 302 cm³/mol. The van der Waals surface area contributed by atoms with Crippen LogP contribution in [0.25, 0.3) is 121 Å². The van der Waals surface area contributed by atoms with Gasteiger partial charge in [-0.15, -0.1) is 0 Å². The van der Waals surface area contributed by atoms with Crippen LogP contribution in [0.5, 0.6) is 0 Å². The van der Waals surface area contributed by atoms with Gasteiger partial charge >= 0.3 is 0 Å². The lowest BCUT2D eigenvalue weighted by Crippen LogP contribution is -2.16. The van der Waals surface area contributed by atoms with E-state index in [9.17, 15) is 5.26 Å². The second-order valence-corrected chi connectivity index (χ2v) is 20.0. The Kier molecular flexibility index (Phi) is 8.97. The van der Waals surface area contributed by atoms with Crippen LogP contribution >= 0.6 is 0 Å². The molecule has 0 unspecified atom stereocenters. The summed E-state index contributed by atoms with van der Waals surface area (Å²) < 4.78 is 9.80. The van der Waals surface area contributed by atoms with E-state index in [1.54, 1.807) is 0 Å². The van der Waals surface area contributed by atoms with E-state index in [0.717, 1.165) is 99.6 Å². The molecule has 342 valence electrons. The summed E-state index contributed by atoms with van der Waals surface area (Å²) in [6, 6.07) is 72.2. The average Bonchev–Trinajstić information content (AvgIpc) is 4.10. The molecule has 0 spiro atoms. The van der Waals surface area contributed by atoms with Crippen molar-refractivity contribution >= 4 is 87.2 Å². The van der Waals surface area contributed by atoms with Crippen LogP contribution in [0.4, 0.5) is 0 Å². The molecular formula is C67H49N5. The number of hydrogen-bond donors (Lipinski definition) is 0. The number of fused-ring (bicyclic) bond motifs is 12. The first kappa shape index (κ1) is 41.8. The molecule has 0 bridgehead atoms. The molecule has 0 aliphatic rings. The minimum atomic E-state index is 0.564. The molecule has 14 aromatic rings. The molecule has 0 amide bonds. The zero-order chi connectivity index (χ0) is 48.7. The smallest absolute Gasteiger partial charge is 0.104 e. The second-order valence-electron chi connectivity index (χ2n) is 20.0. The fourth-order valence-corrected chi connectivity index (χ4v) is 12.2. The maximum atomic E-state index is 12.8. The Hall–Kier alpha value is -9.11. The van der Waals surface area contributed by atoms with Crippen LogP contribution in [-0.4, -0.2) is 18.3 Å². The molecule has 5 nitrogen and oxygen atoms in total. The van der Waals surface area contributed by atoms with E-state index < -0.39 is 0 Å². The van der Waals surface area contributed by atoms with Gasteiger partial charge in [0.2, 0.25) is 0 Å². The van der Waals surface area contributed by atoms with E-state index in [0.29, 0.717) is 5.56 Å². The largest absolute Gasteiger partial charge is 0.306 e. The van der Waals surface area contributed by atoms with Crippen molar-refractivity contribution in [2.24, 2.45) is 0 Å². The first-order valence-electron chi connectivity index (χ1n) is 24.9. The van der Waals surface area contributed by atoms with Gasteiger partial charge in [-0.25, -0.2) is 0 Å². The number of aromatic nitrogens is 4. The van der Waals surface area contributed by atoms with E-state index in [1.807, 2.05) is 0 Å². The third-order valence-electron chi connectivity index (χ3n) is 15.5. The monoisotopic (exact) mass is 923 g/mol. The molecule has 72 heavy (non-hydrogen) atoms. The number of nitrogens with zero attached hydrogens (tertiary/aromatic N) is 5. The van der Waals surface area contributed by atoms with Crippen molar-refractivity contribution in [3.63, 3.8) is 0 Å². The highest BCUT2D eigenvalue weighted by Gasteiger charge is 2.35. The molecule has 0 aliphatic heterocycles. The summed E-state index contributed by atoms with van der Waals surface area (Å²) in [7, 11) is 0. The number of rotatable bonds is 5. The minimum absolute atomic E-state index is 0.564. The van der Waals surface area contributed by atoms with Crippen molar-refractivity contribution in [1.29, 1.82) is 5.26 Å². The lowest BCUT2D eigenvalue weighted by molar-refractivity contribution is 1.04. The third kappa shape index (κ3) is 5.81. The number of nitriles is 1. The summed E-state index contributed by atoms with van der Waals surface area (Å²) in [6.07, 6.45) is 0. The van der Waals surface area contributed by atoms with Gasteiger partial charge in [-0.05, 0) is 131 Å². The quantitative estimate of drug-likeness (QED) is 0.170. The van der Waals surface area contributed by atoms with E-state index in [1.165, 1.54) is 54.9 Å². The number of hydrogen-bond acceptors (Lipinski definition) is 1. The predicted octanol–water partition coefficient (Wildman–Crippen LogP) is 17.5. The summed E-state index contributed by atoms with van der Waals surface area (Å²) in [5.74, 6) is 0. The molecule has 0 fully saturated rings. The average molecular weight is 924 g/mol. The molecule has 5 heteroatoms. The van der Waals surface area contributed by atoms with Gasteiger partial charge in [0.15, 0.2) is 0 Å². The lowest BCUT2D eigenvalue weighted by atomic mass is 9.92. The molecule has 10 aromatic carbocycles. The first-order chi connectivity index (χ1) is 35.2. The fraction of sp³-hybridized carbons (Fsp3) is 0.0896. The molecule has 0 N–H and O–H groups in total. The highest BCUT2D eigenvalue weighted by molar-refractivity contribution is 6.17. The molecule has 0 atom stereocenters. The van der Waals surface area contributed by atoms with Crippen LogP contribution in [0.3, 0.4) is 0 Å². The summed E-state index contributed by atoms with van der Waals surface area (Å²) in [5, 5.41) is 21.9. The van der Waals surface area contributed by atoms with E-state index >= 15 is 0 Å². The molecule has 4 aromatic heterocycles. The maximum absolute atomic E-state index is 12.8. The van der Waals surface area contributed by atoms with Crippen LogP contribution < -0.4 is 0 Å². The van der Waals surface area contributed by atoms with Gasteiger partial charge in [0, 0.05) is 48.7 Å². The van der Waals surface area contributed by atoms with Gasteiger partial charge in [0.25, 0.3) is 0 Å². The number of aryl methyl sites for hydroxylation is 6. The first-order valence-corrected chi connectivity index (χ1v) is 24.9. The fourth-order valence-electron chi connectivity index (χ4n) is 12.2. The van der Waals surface area contributed by atoms with Crippen LogP contribution in [0.15, 0.2) is 188 Å². The van der Waals surface area contributed by atoms with Gasteiger partial charge < -0.3 is 18.3 Å². The lowest BCUT2D eigenvalue weighted by Gasteiger charge is -2.29. The second kappa shape index (κ2) is 15.4. The van der Waals surface area contributed by atoms with E-state index in [4.69, 9.17) is 0 Å². The Morgan fingerprint density at radius 3 is 0.917 bits per heavy atom. The Bertz CT molecular complexity index is 4220. The van der Waals surface area contributed by atoms with Gasteiger partial charge in [0.1, 0.15) is 11.6 Å². The van der Waals surface area contributed by atoms with Crippen molar-refractivity contribution < 1.29 is 0 Å². The Morgan fingerprint density at radius 2 is 0.597 bits per heavy atom. The van der Waals surface area contributed by atoms with Crippen LogP contribution in [-0.2, 0) is 0 Å². The zero-order valence-electron chi connectivity index (χ0n) is 41.1. The molecule has 0 radical (unpaired) electrons. The van der Waals surface area contributed by atoms with Gasteiger partial charge in [0.05, 0.1) is 66.9 Å². The molecular weight excluding hydrogens is 875 g/mol. The number of para-hydroxylation sites is 4. The van der Waals surface area contributed by atoms with E-state index in [2.05, 4.69) is 254 Å². The Balaban J connectivity index is 1.37. The number of benzene rings is 10. The SMILES string of the molecule is Cc1ccc2c(c1)c1cc(C)ccc1n2-c1c(-c2ccc(C)c(C)c2)c(-n2c3ccc(C)cc3c3cc(C)ccc32)c(-n2c3ccccc3c3ccccc32)c(C#N)c1-n1c2ccccc2c2ccccc21. The Labute approximate surface area is 417 Å². The van der Waals surface area contributed by atoms with Gasteiger partial charge in [-0.2, -0.15) is 5.26 Å². The topological polar surface area (TPSA) is 43.5 Å². The summed E-state index contributed by atoms with van der Waals surface area (Å²) >= 11 is 0. The van der Waals surface area contributed by atoms with Crippen molar-refractivity contribution in [2.75, 3.05) is 0 Å². The van der Waals surface area contributed by atoms with Crippen molar-refractivity contribution in [2.45, 2.75) is 41.5 Å². The van der Waals surface area contributed by atoms with Crippen LogP contribution in [0.2, 0.25) is 0 Å². The maximum Gasteiger partial charge on any atom is 0.104 e. The highest BCUT2D eigenvalue weighted by atomic mass is 15.1. The molecule has 0 saturated heterocycles. The summed E-state index contributed by atoms with van der Waals surface area (Å²) in [4.78, 5) is 0. The summed E-state index contributed by atoms with van der Waals surface area (Å²) in [5.41, 5.74) is 21.7. The molecule has 14 rings (SSSR count). The molecule has 4 heterocycles. The molecule has 0 aliphatic carbocycles. The van der Waals surface area contributed by atoms with Crippen molar-refractivity contribution in [3.05, 3.63) is 227 Å². The molecule has 0 saturated carbocycles. The van der Waals surface area contributed by atoms with E-state index in [-0.39, 0.29) is 0 Å². The zero-order valence-corrected chi connectivity index (χ0v) is 41.1. The van der Waals surface area contributed by atoms with Crippen LogP contribution in [0.1, 0.15) is 38.9 Å². The van der Waals surface area contributed by atoms with Gasteiger partial charge in [-0.1, -0.05) is 138 Å². The minimum Gasteiger partial charge on any atom is -0.306 e.